The average Bonchev–Trinajstić information content (AvgIpc) is 2.74. The van der Waals surface area contributed by atoms with Gasteiger partial charge in [0.05, 0.1) is 26.3 Å². The number of likely N-dealkylation sites (tertiary alicyclic amines) is 1. The van der Waals surface area contributed by atoms with E-state index in [1.54, 1.807) is 19.1 Å². The number of ketones is 1. The van der Waals surface area contributed by atoms with Gasteiger partial charge in [0.1, 0.15) is 23.2 Å². The molecule has 2 aromatic carbocycles. The number of hydrogen-bond acceptors (Lipinski definition) is 4. The van der Waals surface area contributed by atoms with E-state index in [0.29, 0.717) is 0 Å². The van der Waals surface area contributed by atoms with Crippen molar-refractivity contribution in [2.45, 2.75) is 32.4 Å². The summed E-state index contributed by atoms with van der Waals surface area (Å²) < 4.78 is 10.5. The summed E-state index contributed by atoms with van der Waals surface area (Å²) >= 11 is 6.00. The van der Waals surface area contributed by atoms with Crippen molar-refractivity contribution in [1.29, 1.82) is 0 Å². The monoisotopic (exact) mass is 415 g/mol. The number of carbonyl (C=O) groups excluding carboxylic acids is 2. The van der Waals surface area contributed by atoms with E-state index in [2.05, 4.69) is 0 Å². The molecule has 0 radical (unpaired) electrons. The molecule has 1 amide bonds. The third-order valence-electron chi connectivity index (χ3n) is 5.73. The van der Waals surface area contributed by atoms with Crippen LogP contribution in [0.25, 0.3) is 0 Å². The smallest absolute Gasteiger partial charge is 0.238 e. The van der Waals surface area contributed by atoms with Crippen LogP contribution < -0.4 is 9.47 Å². The first kappa shape index (κ1) is 21.2. The molecular weight excluding hydrogens is 390 g/mol. The van der Waals surface area contributed by atoms with Gasteiger partial charge < -0.3 is 14.4 Å². The van der Waals surface area contributed by atoms with E-state index >= 15 is 0 Å². The second-order valence-corrected chi connectivity index (χ2v) is 8.02. The number of carbonyl (C=O) groups is 2. The van der Waals surface area contributed by atoms with Crippen molar-refractivity contribution >= 4 is 23.3 Å². The normalized spacial score (nSPS) is 21.0. The van der Waals surface area contributed by atoms with Crippen LogP contribution in [-0.4, -0.2) is 36.7 Å². The van der Waals surface area contributed by atoms with Gasteiger partial charge in [0.25, 0.3) is 0 Å². The highest BCUT2D eigenvalue weighted by Crippen LogP contribution is 2.50. The fourth-order valence-electron chi connectivity index (χ4n) is 4.07. The van der Waals surface area contributed by atoms with Crippen molar-refractivity contribution < 1.29 is 19.1 Å². The summed E-state index contributed by atoms with van der Waals surface area (Å²) in [6, 6.07) is 14.1. The van der Waals surface area contributed by atoms with Crippen LogP contribution in [0.4, 0.5) is 0 Å². The van der Waals surface area contributed by atoms with Gasteiger partial charge in [-0.25, -0.2) is 0 Å². The lowest BCUT2D eigenvalue weighted by Gasteiger charge is -2.50. The molecule has 1 heterocycles. The summed E-state index contributed by atoms with van der Waals surface area (Å²) in [5.41, 5.74) is 1.01. The Kier molecular flexibility index (Phi) is 6.18. The Bertz CT molecular complexity index is 877. The van der Waals surface area contributed by atoms with E-state index in [0.717, 1.165) is 22.6 Å². The number of benzene rings is 2. The molecule has 1 aliphatic rings. The molecule has 0 spiro atoms. The fourth-order valence-corrected chi connectivity index (χ4v) is 4.21. The van der Waals surface area contributed by atoms with Gasteiger partial charge in [-0.2, -0.15) is 0 Å². The maximum Gasteiger partial charge on any atom is 0.238 e. The van der Waals surface area contributed by atoms with Gasteiger partial charge in [-0.15, -0.1) is 11.6 Å². The van der Waals surface area contributed by atoms with Crippen LogP contribution in [0.1, 0.15) is 43.5 Å². The number of ether oxygens (including phenoxy) is 2. The second-order valence-electron chi connectivity index (χ2n) is 7.75. The molecule has 2 atom stereocenters. The number of nitrogens with zero attached hydrogens (tertiary/aromatic N) is 1. The molecular formula is C23H26ClNO4. The van der Waals surface area contributed by atoms with E-state index in [9.17, 15) is 9.59 Å². The highest BCUT2D eigenvalue weighted by molar-refractivity contribution is 6.27. The topological polar surface area (TPSA) is 55.8 Å². The van der Waals surface area contributed by atoms with Crippen molar-refractivity contribution in [1.82, 2.24) is 4.90 Å². The third kappa shape index (κ3) is 3.97. The fraction of sp³-hybridized carbons (Fsp3) is 0.391. The highest BCUT2D eigenvalue weighted by atomic mass is 35.5. The Labute approximate surface area is 176 Å². The molecule has 29 heavy (non-hydrogen) atoms. The molecule has 154 valence electrons. The zero-order valence-corrected chi connectivity index (χ0v) is 17.9. The van der Waals surface area contributed by atoms with Gasteiger partial charge >= 0.3 is 0 Å². The van der Waals surface area contributed by atoms with Crippen molar-refractivity contribution in [3.05, 3.63) is 59.7 Å². The van der Waals surface area contributed by atoms with E-state index in [1.165, 1.54) is 0 Å². The number of methoxy groups -OCH3 is 2. The lowest BCUT2D eigenvalue weighted by molar-refractivity contribution is -0.151. The molecule has 0 bridgehead atoms. The number of Topliss-reactive ketones (excluding diaryl/α,β-unsaturated/α-hetero) is 1. The third-order valence-corrected chi connectivity index (χ3v) is 5.96. The Morgan fingerprint density at radius 1 is 1.00 bits per heavy atom. The number of amides is 1. The first-order valence-electron chi connectivity index (χ1n) is 9.51. The number of rotatable bonds is 5. The second kappa shape index (κ2) is 8.46. The molecule has 6 heteroatoms. The minimum absolute atomic E-state index is 0.109. The zero-order valence-electron chi connectivity index (χ0n) is 17.1. The lowest BCUT2D eigenvalue weighted by Crippen LogP contribution is -2.52. The first-order valence-corrected chi connectivity index (χ1v) is 10.0. The SMILES string of the molecule is COc1ccc([C@H]2CC(=O)C(C)(C)[C@@H](c3ccc(OC)cc3)N2C(=O)CCl)cc1. The number of piperidine rings is 1. The van der Waals surface area contributed by atoms with E-state index in [4.69, 9.17) is 21.1 Å². The van der Waals surface area contributed by atoms with Crippen molar-refractivity contribution in [2.75, 3.05) is 20.1 Å². The van der Waals surface area contributed by atoms with Crippen LogP contribution in [0.15, 0.2) is 48.5 Å². The molecule has 1 aliphatic heterocycles. The van der Waals surface area contributed by atoms with Crippen LogP contribution in [0.5, 0.6) is 11.5 Å². The first-order chi connectivity index (χ1) is 13.8. The maximum absolute atomic E-state index is 13.2. The molecule has 5 nitrogen and oxygen atoms in total. The van der Waals surface area contributed by atoms with E-state index in [-0.39, 0.29) is 30.0 Å². The summed E-state index contributed by atoms with van der Waals surface area (Å²) in [7, 11) is 3.21. The van der Waals surface area contributed by atoms with Crippen LogP contribution in [-0.2, 0) is 9.59 Å². The minimum atomic E-state index is -0.751. The average molecular weight is 416 g/mol. The molecule has 0 unspecified atom stereocenters. The lowest BCUT2D eigenvalue weighted by atomic mass is 9.69. The predicted octanol–water partition coefficient (Wildman–Crippen LogP) is 4.55. The van der Waals surface area contributed by atoms with E-state index < -0.39 is 11.5 Å². The largest absolute Gasteiger partial charge is 0.497 e. The standard InChI is InChI=1S/C23H26ClNO4/c1-23(2)20(26)13-19(15-5-9-17(28-3)10-6-15)25(21(27)14-24)22(23)16-7-11-18(29-4)12-8-16/h5-12,19,22H,13-14H2,1-4H3/t19-,22-/m1/s1. The molecule has 0 N–H and O–H groups in total. The summed E-state index contributed by atoms with van der Waals surface area (Å²) in [5.74, 6) is 1.20. The number of halogens is 1. The summed E-state index contributed by atoms with van der Waals surface area (Å²) in [6.07, 6.45) is 0.245. The number of alkyl halides is 1. The Balaban J connectivity index is 2.11. The minimum Gasteiger partial charge on any atom is -0.497 e. The van der Waals surface area contributed by atoms with Crippen molar-refractivity contribution in [3.63, 3.8) is 0 Å². The van der Waals surface area contributed by atoms with Crippen LogP contribution >= 0.6 is 11.6 Å². The van der Waals surface area contributed by atoms with Crippen LogP contribution in [0.2, 0.25) is 0 Å². The van der Waals surface area contributed by atoms with Crippen LogP contribution in [0, 0.1) is 5.41 Å². The van der Waals surface area contributed by atoms with E-state index in [1.807, 2.05) is 62.4 Å². The molecule has 1 fully saturated rings. The van der Waals surface area contributed by atoms with Gasteiger partial charge in [0.2, 0.25) is 5.91 Å². The Morgan fingerprint density at radius 2 is 1.48 bits per heavy atom. The maximum atomic E-state index is 13.2. The molecule has 0 aromatic heterocycles. The summed E-state index contributed by atoms with van der Waals surface area (Å²) in [5, 5.41) is 0. The van der Waals surface area contributed by atoms with Gasteiger partial charge in [-0.05, 0) is 35.4 Å². The van der Waals surface area contributed by atoms with Gasteiger partial charge in [-0.1, -0.05) is 38.1 Å². The van der Waals surface area contributed by atoms with Gasteiger partial charge in [0, 0.05) is 11.8 Å². The zero-order chi connectivity index (χ0) is 21.2. The van der Waals surface area contributed by atoms with Crippen molar-refractivity contribution in [2.24, 2.45) is 5.41 Å². The molecule has 0 aliphatic carbocycles. The summed E-state index contributed by atoms with van der Waals surface area (Å²) in [6.45, 7) is 3.78. The number of hydrogen-bond donors (Lipinski definition) is 0. The molecule has 0 saturated carbocycles. The van der Waals surface area contributed by atoms with Gasteiger partial charge in [0.15, 0.2) is 0 Å². The summed E-state index contributed by atoms with van der Waals surface area (Å²) in [4.78, 5) is 27.9. The Hall–Kier alpha value is -2.53. The van der Waals surface area contributed by atoms with Crippen molar-refractivity contribution in [3.8, 4) is 11.5 Å². The Morgan fingerprint density at radius 3 is 1.93 bits per heavy atom. The predicted molar refractivity (Wildman–Crippen MR) is 112 cm³/mol. The molecule has 3 rings (SSSR count). The van der Waals surface area contributed by atoms with Gasteiger partial charge in [-0.3, -0.25) is 9.59 Å². The quantitative estimate of drug-likeness (QED) is 0.672. The van der Waals surface area contributed by atoms with Crippen LogP contribution in [0.3, 0.4) is 0 Å². The highest BCUT2D eigenvalue weighted by Gasteiger charge is 2.50. The molecule has 2 aromatic rings. The molecule has 1 saturated heterocycles.